The summed E-state index contributed by atoms with van der Waals surface area (Å²) in [7, 11) is 1.80. The lowest BCUT2D eigenvalue weighted by molar-refractivity contribution is -0.122. The first-order valence-corrected chi connectivity index (χ1v) is 6.17. The third-order valence-corrected chi connectivity index (χ3v) is 2.54. The summed E-state index contributed by atoms with van der Waals surface area (Å²) in [5, 5.41) is 5.71. The molecule has 100 valence electrons. The van der Waals surface area contributed by atoms with E-state index in [4.69, 9.17) is 0 Å². The van der Waals surface area contributed by atoms with Crippen LogP contribution in [0.4, 0.5) is 5.82 Å². The van der Waals surface area contributed by atoms with Gasteiger partial charge in [0.1, 0.15) is 5.82 Å². The number of carbonyl (C=O) groups excluding carboxylic acids is 1. The Morgan fingerprint density at radius 2 is 2.11 bits per heavy atom. The van der Waals surface area contributed by atoms with Crippen LogP contribution in [0.15, 0.2) is 12.4 Å². The maximum atomic E-state index is 11.5. The number of anilines is 1. The zero-order valence-corrected chi connectivity index (χ0v) is 11.2. The monoisotopic (exact) mass is 251 g/mol. The van der Waals surface area contributed by atoms with E-state index < -0.39 is 0 Å². The minimum Gasteiger partial charge on any atom is -0.372 e. The van der Waals surface area contributed by atoms with Crippen molar-refractivity contribution >= 4 is 11.7 Å². The van der Waals surface area contributed by atoms with E-state index in [1.54, 1.807) is 19.4 Å². The molecule has 0 spiro atoms. The zero-order chi connectivity index (χ0) is 13.4. The summed E-state index contributed by atoms with van der Waals surface area (Å²) < 4.78 is 0. The Bertz CT molecular complexity index is 365. The van der Waals surface area contributed by atoms with Crippen LogP contribution in [0, 0.1) is 0 Å². The summed E-state index contributed by atoms with van der Waals surface area (Å²) in [6.07, 6.45) is 3.42. The molecule has 1 amide bonds. The van der Waals surface area contributed by atoms with Gasteiger partial charge in [0.25, 0.3) is 0 Å². The van der Waals surface area contributed by atoms with Crippen LogP contribution in [0.25, 0.3) is 0 Å². The van der Waals surface area contributed by atoms with Gasteiger partial charge in [-0.25, -0.2) is 4.98 Å². The highest BCUT2D eigenvalue weighted by molar-refractivity contribution is 5.77. The molecule has 0 aromatic carbocycles. The van der Waals surface area contributed by atoms with E-state index in [-0.39, 0.29) is 5.91 Å². The van der Waals surface area contributed by atoms with Crippen molar-refractivity contribution in [2.45, 2.75) is 20.4 Å². The first-order chi connectivity index (χ1) is 8.69. The van der Waals surface area contributed by atoms with Gasteiger partial charge < -0.3 is 10.6 Å². The maximum Gasteiger partial charge on any atom is 0.234 e. The predicted octanol–water partition coefficient (Wildman–Crippen LogP) is 0.476. The summed E-state index contributed by atoms with van der Waals surface area (Å²) in [6, 6.07) is 0. The molecule has 0 atom stereocenters. The van der Waals surface area contributed by atoms with Gasteiger partial charge in [0, 0.05) is 20.1 Å². The van der Waals surface area contributed by atoms with Crippen molar-refractivity contribution in [1.29, 1.82) is 0 Å². The van der Waals surface area contributed by atoms with Crippen LogP contribution in [0.3, 0.4) is 0 Å². The first-order valence-electron chi connectivity index (χ1n) is 6.17. The largest absolute Gasteiger partial charge is 0.372 e. The number of rotatable bonds is 7. The van der Waals surface area contributed by atoms with Gasteiger partial charge in [0.05, 0.1) is 24.6 Å². The van der Waals surface area contributed by atoms with Crippen LogP contribution in [0.1, 0.15) is 19.5 Å². The summed E-state index contributed by atoms with van der Waals surface area (Å²) >= 11 is 0. The van der Waals surface area contributed by atoms with Crippen LogP contribution in [-0.2, 0) is 11.3 Å². The molecule has 1 aromatic heterocycles. The second-order valence-electron chi connectivity index (χ2n) is 3.90. The lowest BCUT2D eigenvalue weighted by Gasteiger charge is -2.19. The molecule has 0 aliphatic rings. The van der Waals surface area contributed by atoms with Crippen LogP contribution >= 0.6 is 0 Å². The molecule has 0 unspecified atom stereocenters. The van der Waals surface area contributed by atoms with E-state index in [2.05, 4.69) is 20.6 Å². The molecule has 0 radical (unpaired) electrons. The number of hydrogen-bond donors (Lipinski definition) is 2. The molecule has 0 bridgehead atoms. The molecule has 0 fully saturated rings. The number of nitrogens with zero attached hydrogens (tertiary/aromatic N) is 3. The van der Waals surface area contributed by atoms with Gasteiger partial charge in [-0.05, 0) is 13.5 Å². The lowest BCUT2D eigenvalue weighted by Crippen LogP contribution is -2.36. The molecule has 0 aliphatic heterocycles. The predicted molar refractivity (Wildman–Crippen MR) is 71.2 cm³/mol. The minimum absolute atomic E-state index is 0.0409. The Hall–Kier alpha value is -1.69. The SMILES string of the molecule is CCNC(=O)CN(CC)Cc1cnc(NC)cn1. The Balaban J connectivity index is 2.53. The number of amides is 1. The average molecular weight is 251 g/mol. The quantitative estimate of drug-likeness (QED) is 0.737. The van der Waals surface area contributed by atoms with Crippen LogP contribution in [0.5, 0.6) is 0 Å². The normalized spacial score (nSPS) is 10.4. The van der Waals surface area contributed by atoms with Crippen molar-refractivity contribution in [2.24, 2.45) is 0 Å². The molecule has 1 heterocycles. The second kappa shape index (κ2) is 7.60. The topological polar surface area (TPSA) is 70.2 Å². The van der Waals surface area contributed by atoms with E-state index in [0.717, 1.165) is 18.1 Å². The minimum atomic E-state index is 0.0409. The van der Waals surface area contributed by atoms with Gasteiger partial charge in [-0.2, -0.15) is 0 Å². The number of aromatic nitrogens is 2. The van der Waals surface area contributed by atoms with Crippen LogP contribution in [0.2, 0.25) is 0 Å². The van der Waals surface area contributed by atoms with Crippen molar-refractivity contribution in [2.75, 3.05) is 32.0 Å². The van der Waals surface area contributed by atoms with Gasteiger partial charge in [-0.15, -0.1) is 0 Å². The second-order valence-corrected chi connectivity index (χ2v) is 3.90. The Kier molecular flexibility index (Phi) is 6.07. The molecule has 0 saturated heterocycles. The van der Waals surface area contributed by atoms with E-state index >= 15 is 0 Å². The highest BCUT2D eigenvalue weighted by Gasteiger charge is 2.09. The first kappa shape index (κ1) is 14.4. The molecule has 6 nitrogen and oxygen atoms in total. The molecule has 1 rings (SSSR count). The fourth-order valence-electron chi connectivity index (χ4n) is 1.53. The molecular formula is C12H21N5O. The molecule has 6 heteroatoms. The summed E-state index contributed by atoms with van der Waals surface area (Å²) in [5.74, 6) is 0.782. The number of nitrogens with one attached hydrogen (secondary N) is 2. The summed E-state index contributed by atoms with van der Waals surface area (Å²) in [5.41, 5.74) is 0.861. The van der Waals surface area contributed by atoms with E-state index in [9.17, 15) is 4.79 Å². The highest BCUT2D eigenvalue weighted by atomic mass is 16.2. The van der Waals surface area contributed by atoms with Gasteiger partial charge in [-0.3, -0.25) is 14.7 Å². The molecule has 0 aliphatic carbocycles. The van der Waals surface area contributed by atoms with E-state index in [1.165, 1.54) is 0 Å². The van der Waals surface area contributed by atoms with Crippen molar-refractivity contribution in [1.82, 2.24) is 20.2 Å². The maximum absolute atomic E-state index is 11.5. The van der Waals surface area contributed by atoms with Gasteiger partial charge in [-0.1, -0.05) is 6.92 Å². The van der Waals surface area contributed by atoms with Crippen molar-refractivity contribution in [3.63, 3.8) is 0 Å². The third-order valence-electron chi connectivity index (χ3n) is 2.54. The molecule has 0 saturated carbocycles. The lowest BCUT2D eigenvalue weighted by atomic mass is 10.3. The highest BCUT2D eigenvalue weighted by Crippen LogP contribution is 2.03. The Labute approximate surface area is 108 Å². The smallest absolute Gasteiger partial charge is 0.234 e. The van der Waals surface area contributed by atoms with Gasteiger partial charge >= 0.3 is 0 Å². The number of carbonyl (C=O) groups is 1. The summed E-state index contributed by atoms with van der Waals surface area (Å²) in [6.45, 7) is 6.41. The van der Waals surface area contributed by atoms with Crippen molar-refractivity contribution in [3.8, 4) is 0 Å². The Morgan fingerprint density at radius 3 is 2.61 bits per heavy atom. The zero-order valence-electron chi connectivity index (χ0n) is 11.2. The third kappa shape index (κ3) is 4.67. The molecule has 1 aromatic rings. The fraction of sp³-hybridized carbons (Fsp3) is 0.583. The average Bonchev–Trinajstić information content (AvgIpc) is 2.39. The van der Waals surface area contributed by atoms with E-state index in [1.807, 2.05) is 18.7 Å². The summed E-state index contributed by atoms with van der Waals surface area (Å²) in [4.78, 5) is 22.0. The van der Waals surface area contributed by atoms with Crippen LogP contribution in [-0.4, -0.2) is 47.5 Å². The number of hydrogen-bond acceptors (Lipinski definition) is 5. The Morgan fingerprint density at radius 1 is 1.33 bits per heavy atom. The standard InChI is InChI=1S/C12H21N5O/c1-4-14-12(18)9-17(5-2)8-10-6-16-11(13-3)7-15-10/h6-7H,4-5,8-9H2,1-3H3,(H,13,16)(H,14,18). The van der Waals surface area contributed by atoms with Crippen molar-refractivity contribution < 1.29 is 4.79 Å². The molecular weight excluding hydrogens is 230 g/mol. The van der Waals surface area contributed by atoms with Gasteiger partial charge in [0.15, 0.2) is 0 Å². The fourth-order valence-corrected chi connectivity index (χ4v) is 1.53. The number of likely N-dealkylation sites (N-methyl/N-ethyl adjacent to an activating group) is 2. The molecule has 18 heavy (non-hydrogen) atoms. The van der Waals surface area contributed by atoms with Gasteiger partial charge in [0.2, 0.25) is 5.91 Å². The van der Waals surface area contributed by atoms with Crippen molar-refractivity contribution in [3.05, 3.63) is 18.1 Å². The van der Waals surface area contributed by atoms with E-state index in [0.29, 0.717) is 19.6 Å². The van der Waals surface area contributed by atoms with Crippen LogP contribution < -0.4 is 10.6 Å². The molecule has 2 N–H and O–H groups in total.